The molecule has 3 heterocycles. The number of nitrogens with zero attached hydrogens (tertiary/aromatic N) is 4. The predicted molar refractivity (Wildman–Crippen MR) is 127 cm³/mol. The van der Waals surface area contributed by atoms with Crippen molar-refractivity contribution in [1.82, 2.24) is 19.9 Å². The monoisotopic (exact) mass is 470 g/mol. The Morgan fingerprint density at radius 3 is 2.91 bits per heavy atom. The summed E-state index contributed by atoms with van der Waals surface area (Å²) in [6.07, 6.45) is 3.04. The highest BCUT2D eigenvalue weighted by Crippen LogP contribution is 2.29. The fourth-order valence-corrected chi connectivity index (χ4v) is 4.85. The van der Waals surface area contributed by atoms with Crippen LogP contribution in [0.4, 0.5) is 10.8 Å². The number of ether oxygens (including phenoxy) is 1. The third-order valence-electron chi connectivity index (χ3n) is 5.46. The van der Waals surface area contributed by atoms with Gasteiger partial charge in [0.1, 0.15) is 23.3 Å². The molecule has 0 bridgehead atoms. The first-order valence-electron chi connectivity index (χ1n) is 10.8. The Kier molecular flexibility index (Phi) is 6.87. The van der Waals surface area contributed by atoms with E-state index >= 15 is 0 Å². The molecular weight excluding hydrogens is 444 g/mol. The van der Waals surface area contributed by atoms with E-state index in [2.05, 4.69) is 20.6 Å². The molecule has 1 aliphatic heterocycles. The molecule has 0 aliphatic carbocycles. The summed E-state index contributed by atoms with van der Waals surface area (Å²) in [7, 11) is 1.64. The van der Waals surface area contributed by atoms with Gasteiger partial charge in [0.05, 0.1) is 18.2 Å². The van der Waals surface area contributed by atoms with Gasteiger partial charge >= 0.3 is 0 Å². The number of thiazole rings is 1. The van der Waals surface area contributed by atoms with Crippen molar-refractivity contribution >= 4 is 44.3 Å². The minimum absolute atomic E-state index is 0.0122. The molecule has 1 aromatic carbocycles. The molecule has 1 fully saturated rings. The van der Waals surface area contributed by atoms with E-state index in [4.69, 9.17) is 4.74 Å². The lowest BCUT2D eigenvalue weighted by molar-refractivity contribution is -0.124. The van der Waals surface area contributed by atoms with Crippen LogP contribution in [0.25, 0.3) is 10.3 Å². The Hall–Kier alpha value is -3.47. The lowest BCUT2D eigenvalue weighted by atomic mass is 9.98. The van der Waals surface area contributed by atoms with Crippen LogP contribution in [0.1, 0.15) is 19.8 Å². The standard InChI is InChI=1S/C22H26N6O4S/c1-3-32-16-9-5-4-8-15(16)25-17(29)12-28-13-24-19-18(21(28)31)33-22(26-19)27-10-6-7-14(11-27)20(30)23-2/h4-5,8-9,13-14H,3,6-7,10-12H2,1-2H3,(H,23,30)(H,25,29)/t14-/m1/s1. The fraction of sp³-hybridized carbons (Fsp3) is 0.409. The van der Waals surface area contributed by atoms with Crippen molar-refractivity contribution in [2.45, 2.75) is 26.3 Å². The Labute approximate surface area is 194 Å². The molecule has 11 heteroatoms. The highest BCUT2D eigenvalue weighted by Gasteiger charge is 2.27. The molecule has 1 aliphatic rings. The predicted octanol–water partition coefficient (Wildman–Crippen LogP) is 1.85. The zero-order chi connectivity index (χ0) is 23.4. The molecule has 0 radical (unpaired) electrons. The zero-order valence-corrected chi connectivity index (χ0v) is 19.4. The Morgan fingerprint density at radius 1 is 1.30 bits per heavy atom. The second kappa shape index (κ2) is 9.99. The highest BCUT2D eigenvalue weighted by molar-refractivity contribution is 7.22. The van der Waals surface area contributed by atoms with Gasteiger partial charge < -0.3 is 20.3 Å². The number of hydrogen-bond donors (Lipinski definition) is 2. The summed E-state index contributed by atoms with van der Waals surface area (Å²) in [5.41, 5.74) is 0.569. The summed E-state index contributed by atoms with van der Waals surface area (Å²) in [6, 6.07) is 7.13. The smallest absolute Gasteiger partial charge is 0.273 e. The lowest BCUT2D eigenvalue weighted by Gasteiger charge is -2.31. The van der Waals surface area contributed by atoms with Gasteiger partial charge in [0.2, 0.25) is 11.8 Å². The van der Waals surface area contributed by atoms with Gasteiger partial charge in [0, 0.05) is 20.1 Å². The van der Waals surface area contributed by atoms with Crippen LogP contribution in [-0.4, -0.2) is 53.1 Å². The van der Waals surface area contributed by atoms with Crippen LogP contribution < -0.4 is 25.8 Å². The molecule has 0 saturated carbocycles. The molecule has 174 valence electrons. The van der Waals surface area contributed by atoms with E-state index < -0.39 is 0 Å². The molecule has 4 rings (SSSR count). The van der Waals surface area contributed by atoms with Crippen LogP contribution in [0.5, 0.6) is 5.75 Å². The third-order valence-corrected chi connectivity index (χ3v) is 6.55. The number of aromatic nitrogens is 3. The number of fused-ring (bicyclic) bond motifs is 1. The van der Waals surface area contributed by atoms with Gasteiger partial charge in [0.15, 0.2) is 10.8 Å². The van der Waals surface area contributed by atoms with Crippen molar-refractivity contribution in [3.63, 3.8) is 0 Å². The molecule has 1 atom stereocenters. The van der Waals surface area contributed by atoms with Gasteiger partial charge in [-0.25, -0.2) is 4.98 Å². The van der Waals surface area contributed by atoms with E-state index in [1.807, 2.05) is 17.9 Å². The van der Waals surface area contributed by atoms with Crippen LogP contribution in [0.3, 0.4) is 0 Å². The van der Waals surface area contributed by atoms with Crippen LogP contribution in [-0.2, 0) is 16.1 Å². The molecule has 2 aromatic heterocycles. The summed E-state index contributed by atoms with van der Waals surface area (Å²) < 4.78 is 7.18. The van der Waals surface area contributed by atoms with Gasteiger partial charge in [-0.1, -0.05) is 23.5 Å². The average Bonchev–Trinajstić information content (AvgIpc) is 3.27. The molecule has 33 heavy (non-hydrogen) atoms. The number of carbonyl (C=O) groups is 2. The van der Waals surface area contributed by atoms with Gasteiger partial charge in [-0.05, 0) is 31.9 Å². The van der Waals surface area contributed by atoms with Gasteiger partial charge in [-0.3, -0.25) is 19.0 Å². The largest absolute Gasteiger partial charge is 0.492 e. The number of piperidine rings is 1. The topological polar surface area (TPSA) is 118 Å². The summed E-state index contributed by atoms with van der Waals surface area (Å²) in [6.45, 7) is 3.48. The van der Waals surface area contributed by atoms with Crippen molar-refractivity contribution in [3.8, 4) is 5.75 Å². The molecule has 3 aromatic rings. The summed E-state index contributed by atoms with van der Waals surface area (Å²) >= 11 is 1.24. The third kappa shape index (κ3) is 4.98. The number of hydrogen-bond acceptors (Lipinski definition) is 8. The number of amides is 2. The normalized spacial score (nSPS) is 15.9. The van der Waals surface area contributed by atoms with Crippen molar-refractivity contribution in [1.29, 1.82) is 0 Å². The van der Waals surface area contributed by atoms with Gasteiger partial charge in [0.25, 0.3) is 5.56 Å². The molecular formula is C22H26N6O4S. The van der Waals surface area contributed by atoms with Crippen molar-refractivity contribution < 1.29 is 14.3 Å². The molecule has 10 nitrogen and oxygen atoms in total. The van der Waals surface area contributed by atoms with Crippen LogP contribution >= 0.6 is 11.3 Å². The SMILES string of the molecule is CCOc1ccccc1NC(=O)Cn1cnc2nc(N3CCC[C@@H](C(=O)NC)C3)sc2c1=O. The Morgan fingerprint density at radius 2 is 2.12 bits per heavy atom. The van der Waals surface area contributed by atoms with Crippen molar-refractivity contribution in [3.05, 3.63) is 40.9 Å². The Bertz CT molecular complexity index is 1220. The average molecular weight is 471 g/mol. The van der Waals surface area contributed by atoms with E-state index in [0.717, 1.165) is 19.4 Å². The molecule has 0 unspecified atom stereocenters. The molecule has 2 N–H and O–H groups in total. The first-order chi connectivity index (χ1) is 16.0. The van der Waals surface area contributed by atoms with Crippen molar-refractivity contribution in [2.24, 2.45) is 5.92 Å². The van der Waals surface area contributed by atoms with E-state index in [1.54, 1.807) is 25.2 Å². The first-order valence-corrected chi connectivity index (χ1v) is 11.7. The summed E-state index contributed by atoms with van der Waals surface area (Å²) in [5.74, 6) is 0.111. The maximum absolute atomic E-state index is 13.0. The Balaban J connectivity index is 1.51. The quantitative estimate of drug-likeness (QED) is 0.541. The summed E-state index contributed by atoms with van der Waals surface area (Å²) in [4.78, 5) is 48.5. The van der Waals surface area contributed by atoms with Crippen LogP contribution in [0.2, 0.25) is 0 Å². The van der Waals surface area contributed by atoms with Crippen LogP contribution in [0, 0.1) is 5.92 Å². The van der Waals surface area contributed by atoms with E-state index in [-0.39, 0.29) is 29.8 Å². The van der Waals surface area contributed by atoms with Crippen molar-refractivity contribution in [2.75, 3.05) is 37.0 Å². The van der Waals surface area contributed by atoms with Gasteiger partial charge in [-0.2, -0.15) is 4.98 Å². The number of nitrogens with one attached hydrogen (secondary N) is 2. The fourth-order valence-electron chi connectivity index (χ4n) is 3.85. The number of benzene rings is 1. The maximum atomic E-state index is 13.0. The second-order valence-electron chi connectivity index (χ2n) is 7.70. The lowest BCUT2D eigenvalue weighted by Crippen LogP contribution is -2.42. The maximum Gasteiger partial charge on any atom is 0.273 e. The number of para-hydroxylation sites is 2. The number of rotatable bonds is 7. The van der Waals surface area contributed by atoms with E-state index in [1.165, 1.54) is 22.2 Å². The molecule has 2 amide bonds. The number of anilines is 2. The van der Waals surface area contributed by atoms with E-state index in [0.29, 0.717) is 40.1 Å². The first kappa shape index (κ1) is 22.7. The second-order valence-corrected chi connectivity index (χ2v) is 8.68. The van der Waals surface area contributed by atoms with Crippen LogP contribution in [0.15, 0.2) is 35.4 Å². The highest BCUT2D eigenvalue weighted by atomic mass is 32.1. The van der Waals surface area contributed by atoms with E-state index in [9.17, 15) is 14.4 Å². The minimum Gasteiger partial charge on any atom is -0.492 e. The molecule has 1 saturated heterocycles. The summed E-state index contributed by atoms with van der Waals surface area (Å²) in [5, 5.41) is 6.15. The van der Waals surface area contributed by atoms with Gasteiger partial charge in [-0.15, -0.1) is 0 Å². The molecule has 0 spiro atoms. The minimum atomic E-state index is -0.361. The number of carbonyl (C=O) groups excluding carboxylic acids is 2. The zero-order valence-electron chi connectivity index (χ0n) is 18.5.